The fourth-order valence-corrected chi connectivity index (χ4v) is 5.84. The van der Waals surface area contributed by atoms with E-state index in [1.807, 2.05) is 12.1 Å². The lowest BCUT2D eigenvalue weighted by Crippen LogP contribution is -2.30. The normalized spacial score (nSPS) is 26.5. The van der Waals surface area contributed by atoms with Crippen LogP contribution in [0.5, 0.6) is 5.75 Å². The number of fused-ring (bicyclic) bond motifs is 1. The first-order chi connectivity index (χ1) is 14.7. The van der Waals surface area contributed by atoms with Gasteiger partial charge in [-0.1, -0.05) is 42.8 Å². The Morgan fingerprint density at radius 2 is 1.73 bits per heavy atom. The lowest BCUT2D eigenvalue weighted by molar-refractivity contribution is 0.115. The first-order valence-electron chi connectivity index (χ1n) is 11.7. The summed E-state index contributed by atoms with van der Waals surface area (Å²) in [6.07, 6.45) is 15.4. The third kappa shape index (κ3) is 4.79. The van der Waals surface area contributed by atoms with Crippen LogP contribution in [0, 0.1) is 23.6 Å². The van der Waals surface area contributed by atoms with Crippen molar-refractivity contribution in [1.29, 1.82) is 0 Å². The van der Waals surface area contributed by atoms with E-state index in [1.165, 1.54) is 63.0 Å². The molecule has 4 atom stereocenters. The maximum Gasteiger partial charge on any atom is 0.134 e. The van der Waals surface area contributed by atoms with Crippen LogP contribution in [-0.2, 0) is 0 Å². The average Bonchev–Trinajstić information content (AvgIpc) is 2.79. The number of benzene rings is 2. The lowest BCUT2D eigenvalue weighted by atomic mass is 9.63. The summed E-state index contributed by atoms with van der Waals surface area (Å²) in [6, 6.07) is 13.7. The van der Waals surface area contributed by atoms with E-state index in [9.17, 15) is 4.39 Å². The molecule has 0 aliphatic heterocycles. The predicted octanol–water partition coefficient (Wildman–Crippen LogP) is 8.16. The van der Waals surface area contributed by atoms with Gasteiger partial charge in [-0.05, 0) is 98.8 Å². The second-order valence-electron chi connectivity index (χ2n) is 9.32. The molecule has 0 radical (unpaired) electrons. The van der Waals surface area contributed by atoms with E-state index in [1.54, 1.807) is 7.11 Å². The molecule has 2 aliphatic rings. The Morgan fingerprint density at radius 3 is 2.47 bits per heavy atom. The molecule has 0 amide bonds. The largest absolute Gasteiger partial charge is 0.497 e. The van der Waals surface area contributed by atoms with Crippen LogP contribution in [0.1, 0.15) is 69.8 Å². The molecule has 2 aliphatic carbocycles. The van der Waals surface area contributed by atoms with Gasteiger partial charge in [0.1, 0.15) is 11.6 Å². The maximum absolute atomic E-state index is 14.4. The summed E-state index contributed by atoms with van der Waals surface area (Å²) in [4.78, 5) is 0. The van der Waals surface area contributed by atoms with Crippen LogP contribution in [0.2, 0.25) is 0 Å². The van der Waals surface area contributed by atoms with E-state index in [0.717, 1.165) is 23.3 Å². The van der Waals surface area contributed by atoms with Crippen molar-refractivity contribution in [3.05, 3.63) is 66.0 Å². The Hall–Kier alpha value is -2.09. The zero-order valence-corrected chi connectivity index (χ0v) is 18.4. The van der Waals surface area contributed by atoms with E-state index in [2.05, 4.69) is 43.3 Å². The van der Waals surface area contributed by atoms with Gasteiger partial charge in [0.2, 0.25) is 0 Å². The third-order valence-electron chi connectivity index (χ3n) is 7.57. The van der Waals surface area contributed by atoms with Gasteiger partial charge in [-0.15, -0.1) is 0 Å². The van der Waals surface area contributed by atoms with E-state index in [4.69, 9.17) is 4.74 Å². The quantitative estimate of drug-likeness (QED) is 0.440. The van der Waals surface area contributed by atoms with Gasteiger partial charge >= 0.3 is 0 Å². The first-order valence-corrected chi connectivity index (χ1v) is 11.7. The first kappa shape index (κ1) is 21.2. The van der Waals surface area contributed by atoms with Crippen LogP contribution in [0.25, 0.3) is 11.1 Å². The number of methoxy groups -OCH3 is 1. The minimum Gasteiger partial charge on any atom is -0.497 e. The summed E-state index contributed by atoms with van der Waals surface area (Å²) in [5.41, 5.74) is 3.01. The van der Waals surface area contributed by atoms with Gasteiger partial charge < -0.3 is 4.74 Å². The summed E-state index contributed by atoms with van der Waals surface area (Å²) < 4.78 is 19.5. The van der Waals surface area contributed by atoms with E-state index >= 15 is 0 Å². The molecular formula is C28H35FO. The summed E-state index contributed by atoms with van der Waals surface area (Å²) in [6.45, 7) is 2.12. The molecular weight excluding hydrogens is 371 g/mol. The van der Waals surface area contributed by atoms with Crippen LogP contribution < -0.4 is 4.74 Å². The van der Waals surface area contributed by atoms with Gasteiger partial charge in [-0.25, -0.2) is 4.39 Å². The second-order valence-corrected chi connectivity index (χ2v) is 9.32. The highest BCUT2D eigenvalue weighted by atomic mass is 19.1. The number of allylic oxidation sites excluding steroid dienone is 2. The Balaban J connectivity index is 1.37. The van der Waals surface area contributed by atoms with Crippen LogP contribution in [0.3, 0.4) is 0 Å². The van der Waals surface area contributed by atoms with E-state index < -0.39 is 0 Å². The van der Waals surface area contributed by atoms with Crippen molar-refractivity contribution in [3.8, 4) is 16.9 Å². The number of hydrogen-bond acceptors (Lipinski definition) is 1. The highest BCUT2D eigenvalue weighted by Gasteiger charge is 2.35. The van der Waals surface area contributed by atoms with Crippen LogP contribution >= 0.6 is 0 Å². The van der Waals surface area contributed by atoms with Crippen molar-refractivity contribution in [1.82, 2.24) is 0 Å². The average molecular weight is 407 g/mol. The number of halogens is 1. The summed E-state index contributed by atoms with van der Waals surface area (Å²) in [5.74, 6) is 3.78. The van der Waals surface area contributed by atoms with Gasteiger partial charge in [0.15, 0.2) is 0 Å². The molecule has 160 valence electrons. The predicted molar refractivity (Wildman–Crippen MR) is 123 cm³/mol. The SMILES string of the molecule is C/C=C/CCC1CCC2CC(c3ccc(-c4ccc(OC)cc4F)cc3)CCC2C1. The Bertz CT molecular complexity index is 853. The molecule has 2 fully saturated rings. The van der Waals surface area contributed by atoms with Crippen molar-refractivity contribution in [2.75, 3.05) is 7.11 Å². The van der Waals surface area contributed by atoms with Gasteiger partial charge in [0.25, 0.3) is 0 Å². The fraction of sp³-hybridized carbons (Fsp3) is 0.500. The molecule has 0 N–H and O–H groups in total. The van der Waals surface area contributed by atoms with Crippen molar-refractivity contribution < 1.29 is 9.13 Å². The molecule has 2 saturated carbocycles. The van der Waals surface area contributed by atoms with Gasteiger partial charge in [-0.2, -0.15) is 0 Å². The highest BCUT2D eigenvalue weighted by Crippen LogP contribution is 2.48. The number of hydrogen-bond donors (Lipinski definition) is 0. The standard InChI is InChI=1S/C28H35FO/c1-3-4-5-6-20-7-8-25-18-24(14-13-23(25)17-20)21-9-11-22(12-10-21)27-16-15-26(30-2)19-28(27)29/h3-4,9-12,15-16,19-20,23-25H,5-8,13-14,17-18H2,1-2H3/b4-3+. The topological polar surface area (TPSA) is 9.23 Å². The van der Waals surface area contributed by atoms with E-state index in [0.29, 0.717) is 17.2 Å². The van der Waals surface area contributed by atoms with Gasteiger partial charge in [0.05, 0.1) is 7.11 Å². The van der Waals surface area contributed by atoms with E-state index in [-0.39, 0.29) is 5.82 Å². The van der Waals surface area contributed by atoms with Crippen molar-refractivity contribution in [3.63, 3.8) is 0 Å². The second kappa shape index (κ2) is 9.81. The molecule has 2 aromatic rings. The molecule has 0 spiro atoms. The molecule has 4 unspecified atom stereocenters. The highest BCUT2D eigenvalue weighted by molar-refractivity contribution is 5.65. The monoisotopic (exact) mass is 406 g/mol. The van der Waals surface area contributed by atoms with Crippen LogP contribution in [0.15, 0.2) is 54.6 Å². The zero-order valence-electron chi connectivity index (χ0n) is 18.4. The fourth-order valence-electron chi connectivity index (χ4n) is 5.84. The summed E-state index contributed by atoms with van der Waals surface area (Å²) in [7, 11) is 1.56. The third-order valence-corrected chi connectivity index (χ3v) is 7.57. The zero-order chi connectivity index (χ0) is 20.9. The Kier molecular flexibility index (Phi) is 6.92. The van der Waals surface area contributed by atoms with Crippen molar-refractivity contribution >= 4 is 0 Å². The molecule has 1 nitrogen and oxygen atoms in total. The molecule has 30 heavy (non-hydrogen) atoms. The molecule has 0 saturated heterocycles. The van der Waals surface area contributed by atoms with Gasteiger partial charge in [-0.3, -0.25) is 0 Å². The number of ether oxygens (including phenoxy) is 1. The summed E-state index contributed by atoms with van der Waals surface area (Å²) >= 11 is 0. The minimum absolute atomic E-state index is 0.228. The molecule has 0 aromatic heterocycles. The molecule has 4 rings (SSSR count). The smallest absolute Gasteiger partial charge is 0.134 e. The Labute approximate surface area is 181 Å². The van der Waals surface area contributed by atoms with Crippen LogP contribution in [0.4, 0.5) is 4.39 Å². The van der Waals surface area contributed by atoms with Crippen molar-refractivity contribution in [2.45, 2.75) is 64.2 Å². The molecule has 2 heteroatoms. The van der Waals surface area contributed by atoms with Crippen LogP contribution in [-0.4, -0.2) is 7.11 Å². The number of rotatable bonds is 6. The minimum atomic E-state index is -0.228. The molecule has 2 aromatic carbocycles. The summed E-state index contributed by atoms with van der Waals surface area (Å²) in [5, 5.41) is 0. The molecule has 0 bridgehead atoms. The van der Waals surface area contributed by atoms with Crippen molar-refractivity contribution in [2.24, 2.45) is 17.8 Å². The lowest BCUT2D eigenvalue weighted by Gasteiger charge is -2.42. The Morgan fingerprint density at radius 1 is 0.967 bits per heavy atom. The van der Waals surface area contributed by atoms with Gasteiger partial charge in [0, 0.05) is 11.6 Å². The maximum atomic E-state index is 14.4. The molecule has 0 heterocycles.